The van der Waals surface area contributed by atoms with E-state index >= 15 is 0 Å². The highest BCUT2D eigenvalue weighted by Gasteiger charge is 2.04. The molecular weight excluding hydrogens is 328 g/mol. The van der Waals surface area contributed by atoms with E-state index < -0.39 is 0 Å². The van der Waals surface area contributed by atoms with Crippen LogP contribution in [0.5, 0.6) is 0 Å². The Labute approximate surface area is 132 Å². The number of rotatable bonds is 5. The van der Waals surface area contributed by atoms with Gasteiger partial charge in [-0.2, -0.15) is 0 Å². The van der Waals surface area contributed by atoms with Gasteiger partial charge >= 0.3 is 0 Å². The second-order valence-corrected chi connectivity index (χ2v) is 5.80. The molecule has 1 aromatic carbocycles. The maximum Gasteiger partial charge on any atom is 0.155 e. The summed E-state index contributed by atoms with van der Waals surface area (Å²) in [5.41, 5.74) is 4.46. The maximum absolute atomic E-state index is 4.35. The van der Waals surface area contributed by atoms with Gasteiger partial charge in [-0.25, -0.2) is 9.97 Å². The summed E-state index contributed by atoms with van der Waals surface area (Å²) in [6.45, 7) is 2.93. The Kier molecular flexibility index (Phi) is 4.20. The van der Waals surface area contributed by atoms with E-state index in [1.54, 1.807) is 6.20 Å². The van der Waals surface area contributed by atoms with Crippen molar-refractivity contribution in [3.05, 3.63) is 58.7 Å². The van der Waals surface area contributed by atoms with Crippen molar-refractivity contribution in [1.29, 1.82) is 0 Å². The largest absolute Gasteiger partial charge is 0.379 e. The van der Waals surface area contributed by atoms with Gasteiger partial charge in [0.15, 0.2) is 5.65 Å². The van der Waals surface area contributed by atoms with Gasteiger partial charge in [0.2, 0.25) is 0 Å². The number of imidazole rings is 1. The summed E-state index contributed by atoms with van der Waals surface area (Å²) < 4.78 is 2.84. The lowest BCUT2D eigenvalue weighted by Gasteiger charge is -2.07. The Morgan fingerprint density at radius 3 is 2.71 bits per heavy atom. The van der Waals surface area contributed by atoms with Gasteiger partial charge in [-0.05, 0) is 40.0 Å². The quantitative estimate of drug-likeness (QED) is 0.758. The van der Waals surface area contributed by atoms with E-state index in [4.69, 9.17) is 0 Å². The predicted octanol–water partition coefficient (Wildman–Crippen LogP) is 4.06. The third-order valence-electron chi connectivity index (χ3n) is 3.41. The van der Waals surface area contributed by atoms with Gasteiger partial charge < -0.3 is 5.32 Å². The van der Waals surface area contributed by atoms with Gasteiger partial charge in [-0.3, -0.25) is 4.40 Å². The summed E-state index contributed by atoms with van der Waals surface area (Å²) in [4.78, 5) is 8.53. The first-order valence-corrected chi connectivity index (χ1v) is 7.86. The number of anilines is 1. The van der Waals surface area contributed by atoms with Crippen LogP contribution in [0.2, 0.25) is 0 Å². The zero-order valence-corrected chi connectivity index (χ0v) is 13.5. The number of fused-ring (bicyclic) bond motifs is 1. The van der Waals surface area contributed by atoms with Crippen LogP contribution in [0.1, 0.15) is 24.6 Å². The zero-order valence-electron chi connectivity index (χ0n) is 11.9. The second kappa shape index (κ2) is 6.26. The molecule has 2 heterocycles. The lowest BCUT2D eigenvalue weighted by Crippen LogP contribution is -2.03. The highest BCUT2D eigenvalue weighted by molar-refractivity contribution is 9.10. The zero-order chi connectivity index (χ0) is 14.7. The topological polar surface area (TPSA) is 42.2 Å². The fourth-order valence-corrected chi connectivity index (χ4v) is 2.62. The third-order valence-corrected chi connectivity index (χ3v) is 3.82. The highest BCUT2D eigenvalue weighted by Crippen LogP contribution is 2.14. The van der Waals surface area contributed by atoms with Crippen LogP contribution in [0.15, 0.2) is 47.5 Å². The van der Waals surface area contributed by atoms with Crippen molar-refractivity contribution in [3.8, 4) is 0 Å². The summed E-state index contributed by atoms with van der Waals surface area (Å²) in [5.74, 6) is 0. The van der Waals surface area contributed by atoms with Crippen LogP contribution >= 0.6 is 15.9 Å². The lowest BCUT2D eigenvalue weighted by molar-refractivity contribution is 0.921. The van der Waals surface area contributed by atoms with Crippen LogP contribution in [0.25, 0.3) is 5.65 Å². The smallest absolute Gasteiger partial charge is 0.155 e. The molecule has 0 aliphatic heterocycles. The van der Waals surface area contributed by atoms with Crippen molar-refractivity contribution in [2.24, 2.45) is 0 Å². The summed E-state index contributed by atoms with van der Waals surface area (Å²) in [5, 5.41) is 3.43. The Balaban J connectivity index is 1.72. The number of halogens is 1. The molecule has 0 aliphatic carbocycles. The van der Waals surface area contributed by atoms with Gasteiger partial charge in [0, 0.05) is 11.9 Å². The summed E-state index contributed by atoms with van der Waals surface area (Å²) >= 11 is 3.39. The lowest BCUT2D eigenvalue weighted by atomic mass is 10.1. The molecule has 0 aliphatic rings. The molecule has 3 rings (SSSR count). The molecule has 0 bridgehead atoms. The SMILES string of the molecule is CCCc1ccc(NCc2cnc3cnc(Br)cn23)cc1. The number of nitrogens with one attached hydrogen (secondary N) is 1. The predicted molar refractivity (Wildman–Crippen MR) is 88.5 cm³/mol. The van der Waals surface area contributed by atoms with Gasteiger partial charge in [-0.1, -0.05) is 25.5 Å². The van der Waals surface area contributed by atoms with E-state index in [2.05, 4.69) is 62.4 Å². The summed E-state index contributed by atoms with van der Waals surface area (Å²) in [6, 6.07) is 8.62. The number of aryl methyl sites for hydroxylation is 1. The molecule has 0 saturated carbocycles. The monoisotopic (exact) mass is 344 g/mol. The van der Waals surface area contributed by atoms with E-state index in [9.17, 15) is 0 Å². The molecule has 5 heteroatoms. The Morgan fingerprint density at radius 1 is 1.14 bits per heavy atom. The molecule has 0 radical (unpaired) electrons. The minimum atomic E-state index is 0.727. The fourth-order valence-electron chi connectivity index (χ4n) is 2.32. The Hall–Kier alpha value is -1.88. The number of hydrogen-bond donors (Lipinski definition) is 1. The third kappa shape index (κ3) is 3.24. The van der Waals surface area contributed by atoms with E-state index in [0.717, 1.165) is 34.6 Å². The highest BCUT2D eigenvalue weighted by atomic mass is 79.9. The van der Waals surface area contributed by atoms with E-state index in [0.29, 0.717) is 0 Å². The maximum atomic E-state index is 4.35. The second-order valence-electron chi connectivity index (χ2n) is 4.99. The van der Waals surface area contributed by atoms with Crippen molar-refractivity contribution in [1.82, 2.24) is 14.4 Å². The number of aromatic nitrogens is 3. The van der Waals surface area contributed by atoms with Crippen LogP contribution in [-0.2, 0) is 13.0 Å². The van der Waals surface area contributed by atoms with Gasteiger partial charge in [-0.15, -0.1) is 0 Å². The Bertz CT molecular complexity index is 734. The number of hydrogen-bond acceptors (Lipinski definition) is 3. The van der Waals surface area contributed by atoms with Crippen LogP contribution in [0, 0.1) is 0 Å². The molecule has 0 fully saturated rings. The van der Waals surface area contributed by atoms with E-state index in [1.807, 2.05) is 16.8 Å². The summed E-state index contributed by atoms with van der Waals surface area (Å²) in [7, 11) is 0. The molecular formula is C16H17BrN4. The first-order valence-electron chi connectivity index (χ1n) is 7.06. The molecule has 0 amide bonds. The van der Waals surface area contributed by atoms with Crippen molar-refractivity contribution in [2.45, 2.75) is 26.3 Å². The van der Waals surface area contributed by atoms with Crippen molar-refractivity contribution >= 4 is 27.3 Å². The van der Waals surface area contributed by atoms with Crippen LogP contribution in [-0.4, -0.2) is 14.4 Å². The van der Waals surface area contributed by atoms with E-state index in [-0.39, 0.29) is 0 Å². The summed E-state index contributed by atoms with van der Waals surface area (Å²) in [6.07, 6.45) is 7.88. The standard InChI is InChI=1S/C16H17BrN4/c1-2-3-12-4-6-13(7-5-12)18-8-14-9-20-16-10-19-15(17)11-21(14)16/h4-7,9-11,18H,2-3,8H2,1H3. The molecule has 108 valence electrons. The molecule has 4 nitrogen and oxygen atoms in total. The minimum Gasteiger partial charge on any atom is -0.379 e. The average molecular weight is 345 g/mol. The minimum absolute atomic E-state index is 0.727. The van der Waals surface area contributed by atoms with Crippen LogP contribution < -0.4 is 5.32 Å². The van der Waals surface area contributed by atoms with Gasteiger partial charge in [0.05, 0.1) is 24.6 Å². The molecule has 0 spiro atoms. The van der Waals surface area contributed by atoms with Gasteiger partial charge in [0.25, 0.3) is 0 Å². The molecule has 0 saturated heterocycles. The molecule has 1 N–H and O–H groups in total. The van der Waals surface area contributed by atoms with Crippen molar-refractivity contribution in [2.75, 3.05) is 5.32 Å². The molecule has 3 aromatic rings. The van der Waals surface area contributed by atoms with Crippen molar-refractivity contribution in [3.63, 3.8) is 0 Å². The molecule has 21 heavy (non-hydrogen) atoms. The van der Waals surface area contributed by atoms with Gasteiger partial charge in [0.1, 0.15) is 4.60 Å². The normalized spacial score (nSPS) is 11.0. The average Bonchev–Trinajstić information content (AvgIpc) is 2.89. The van der Waals surface area contributed by atoms with Crippen molar-refractivity contribution < 1.29 is 0 Å². The fraction of sp³-hybridized carbons (Fsp3) is 0.250. The first kappa shape index (κ1) is 14.1. The number of nitrogens with zero attached hydrogens (tertiary/aromatic N) is 3. The van der Waals surface area contributed by atoms with Crippen LogP contribution in [0.4, 0.5) is 5.69 Å². The Morgan fingerprint density at radius 2 is 1.95 bits per heavy atom. The van der Waals surface area contributed by atoms with E-state index in [1.165, 1.54) is 12.0 Å². The van der Waals surface area contributed by atoms with Crippen LogP contribution in [0.3, 0.4) is 0 Å². The molecule has 2 aromatic heterocycles. The molecule has 0 atom stereocenters. The first-order chi connectivity index (χ1) is 10.3. The molecule has 0 unspecified atom stereocenters. The number of benzene rings is 1.